The van der Waals surface area contributed by atoms with Gasteiger partial charge in [-0.1, -0.05) is 13.3 Å². The predicted octanol–water partition coefficient (Wildman–Crippen LogP) is 0.555. The zero-order valence-corrected chi connectivity index (χ0v) is 25.1. The van der Waals surface area contributed by atoms with Gasteiger partial charge in [-0.3, -0.25) is 33.8 Å². The van der Waals surface area contributed by atoms with Crippen molar-refractivity contribution in [3.63, 3.8) is 0 Å². The number of amides is 1. The Morgan fingerprint density at radius 3 is 2.29 bits per heavy atom. The molecule has 0 bridgehead atoms. The highest BCUT2D eigenvalue weighted by molar-refractivity contribution is 6.32. The van der Waals surface area contributed by atoms with Gasteiger partial charge in [-0.2, -0.15) is 0 Å². The minimum Gasteiger partial charge on any atom is -0.507 e. The summed E-state index contributed by atoms with van der Waals surface area (Å²) in [6.45, 7) is 4.48. The van der Waals surface area contributed by atoms with Gasteiger partial charge in [0.1, 0.15) is 5.75 Å². The molecule has 0 heterocycles. The zero-order chi connectivity index (χ0) is 30.8. The summed E-state index contributed by atoms with van der Waals surface area (Å²) in [5.41, 5.74) is 5.01. The second-order valence-electron chi connectivity index (χ2n) is 13.1. The summed E-state index contributed by atoms with van der Waals surface area (Å²) in [5, 5.41) is 23.0. The summed E-state index contributed by atoms with van der Waals surface area (Å²) < 4.78 is 0. The van der Waals surface area contributed by atoms with Crippen molar-refractivity contribution in [2.45, 2.75) is 57.2 Å². The van der Waals surface area contributed by atoms with Crippen molar-refractivity contribution in [3.8, 4) is 5.75 Å². The average molecular weight is 583 g/mol. The number of Topliss-reactive ketones (excluding diaryl/α,β-unsaturated/α-hetero) is 4. The van der Waals surface area contributed by atoms with Crippen LogP contribution < -0.4 is 10.6 Å². The van der Waals surface area contributed by atoms with Crippen LogP contribution in [-0.4, -0.2) is 102 Å². The van der Waals surface area contributed by atoms with Crippen LogP contribution in [0.2, 0.25) is 0 Å². The molecule has 0 saturated heterocycles. The number of likely N-dealkylation sites (N-methyl/N-ethyl adjacent to an activating group) is 1. The number of carbonyl (C=O) groups excluding carboxylic acids is 5. The third-order valence-corrected chi connectivity index (χ3v) is 10.1. The Kier molecular flexibility index (Phi) is 7.83. The van der Waals surface area contributed by atoms with E-state index in [1.165, 1.54) is 24.2 Å². The van der Waals surface area contributed by atoms with Crippen LogP contribution in [0.25, 0.3) is 0 Å². The highest BCUT2D eigenvalue weighted by Gasteiger charge is 2.69. The topological polar surface area (TPSA) is 162 Å². The fraction of sp³-hybridized carbons (Fsp3) is 0.645. The van der Waals surface area contributed by atoms with Crippen LogP contribution in [0.15, 0.2) is 6.07 Å². The predicted molar refractivity (Wildman–Crippen MR) is 154 cm³/mol. The van der Waals surface area contributed by atoms with E-state index in [-0.39, 0.29) is 24.2 Å². The number of benzene rings is 1. The maximum absolute atomic E-state index is 14.1. The van der Waals surface area contributed by atoms with Crippen LogP contribution in [0.4, 0.5) is 5.69 Å². The van der Waals surface area contributed by atoms with Crippen molar-refractivity contribution in [1.29, 1.82) is 0 Å². The number of phenolic OH excluding ortho intramolecular Hbond substituents is 1. The van der Waals surface area contributed by atoms with E-state index < -0.39 is 64.4 Å². The molecule has 1 aromatic rings. The second kappa shape index (κ2) is 10.8. The first kappa shape index (κ1) is 30.3. The minimum atomic E-state index is -2.72. The molecule has 0 aliphatic heterocycles. The molecule has 0 spiro atoms. The number of hydrogen-bond acceptors (Lipinski definition) is 10. The first-order valence-electron chi connectivity index (χ1n) is 14.9. The molecule has 1 aromatic carbocycles. The number of nitrogens with two attached hydrogens (primary N) is 1. The number of primary amides is 1. The van der Waals surface area contributed by atoms with Crippen molar-refractivity contribution in [3.05, 3.63) is 22.8 Å². The monoisotopic (exact) mass is 582 g/mol. The minimum absolute atomic E-state index is 0.0242. The van der Waals surface area contributed by atoms with Crippen LogP contribution >= 0.6 is 0 Å². The maximum atomic E-state index is 14.1. The van der Waals surface area contributed by atoms with Crippen molar-refractivity contribution in [2.75, 3.05) is 46.2 Å². The number of phenols is 1. The van der Waals surface area contributed by atoms with Crippen LogP contribution in [0.3, 0.4) is 0 Å². The lowest BCUT2D eigenvalue weighted by molar-refractivity contribution is -0.181. The molecule has 3 saturated carbocycles. The third-order valence-electron chi connectivity index (χ3n) is 10.1. The van der Waals surface area contributed by atoms with E-state index in [1.807, 2.05) is 19.0 Å². The number of fused-ring (bicyclic) bond motifs is 3. The molecule has 11 nitrogen and oxygen atoms in total. The summed E-state index contributed by atoms with van der Waals surface area (Å²) in [4.78, 5) is 72.8. The molecular weight excluding hydrogens is 540 g/mol. The summed E-state index contributed by atoms with van der Waals surface area (Å²) in [5.74, 6) is -9.64. The molecule has 11 heteroatoms. The van der Waals surface area contributed by atoms with Gasteiger partial charge < -0.3 is 20.8 Å². The second-order valence-corrected chi connectivity index (χ2v) is 13.1. The molecule has 4 N–H and O–H groups in total. The molecule has 1 amide bonds. The fourth-order valence-corrected chi connectivity index (χ4v) is 7.99. The van der Waals surface area contributed by atoms with Gasteiger partial charge >= 0.3 is 0 Å². The Balaban J connectivity index is 1.58. The first-order valence-corrected chi connectivity index (χ1v) is 14.9. The lowest BCUT2D eigenvalue weighted by Crippen LogP contribution is -2.74. The van der Waals surface area contributed by atoms with Gasteiger partial charge in [-0.15, -0.1) is 0 Å². The van der Waals surface area contributed by atoms with Crippen LogP contribution in [0.1, 0.15) is 54.1 Å². The van der Waals surface area contributed by atoms with Gasteiger partial charge in [0.2, 0.25) is 5.91 Å². The number of aliphatic hydroxyl groups is 1. The Hall–Kier alpha value is -3.15. The van der Waals surface area contributed by atoms with Crippen molar-refractivity contribution in [1.82, 2.24) is 9.80 Å². The van der Waals surface area contributed by atoms with Gasteiger partial charge in [0.25, 0.3) is 0 Å². The molecule has 4 aliphatic carbocycles. The molecule has 42 heavy (non-hydrogen) atoms. The first-order chi connectivity index (χ1) is 19.7. The Bertz CT molecular complexity index is 1350. The maximum Gasteiger partial charge on any atom is 0.235 e. The molecule has 4 aliphatic rings. The Labute approximate surface area is 246 Å². The highest BCUT2D eigenvalue weighted by atomic mass is 16.3. The SMILES string of the molecule is CCN(Cc1cc(O)c2c(c1N(C)C)C[C@H]1C[C@H]3[C@H](N(C)C)C(=O)C(C(N)=O)C(=O)[C@@]3(O)C(=O)C1C2=O)CC1CCC1. The number of carbonyl (C=O) groups is 5. The van der Waals surface area contributed by atoms with Crippen LogP contribution in [0, 0.1) is 29.6 Å². The largest absolute Gasteiger partial charge is 0.507 e. The number of anilines is 1. The van der Waals surface area contributed by atoms with Crippen LogP contribution in [0.5, 0.6) is 5.75 Å². The molecule has 0 aromatic heterocycles. The van der Waals surface area contributed by atoms with Gasteiger partial charge in [-0.05, 0) is 75.4 Å². The Morgan fingerprint density at radius 2 is 1.76 bits per heavy atom. The summed E-state index contributed by atoms with van der Waals surface area (Å²) in [6.07, 6.45) is 3.95. The third kappa shape index (κ3) is 4.48. The summed E-state index contributed by atoms with van der Waals surface area (Å²) in [7, 11) is 6.91. The van der Waals surface area contributed by atoms with E-state index >= 15 is 0 Å². The van der Waals surface area contributed by atoms with Crippen molar-refractivity contribution in [2.24, 2.45) is 35.3 Å². The molecule has 6 atom stereocenters. The summed E-state index contributed by atoms with van der Waals surface area (Å²) >= 11 is 0. The Morgan fingerprint density at radius 1 is 1.10 bits per heavy atom. The smallest absolute Gasteiger partial charge is 0.235 e. The molecule has 0 radical (unpaired) electrons. The normalized spacial score (nSPS) is 31.1. The zero-order valence-electron chi connectivity index (χ0n) is 25.1. The number of nitrogens with zero attached hydrogens (tertiary/aromatic N) is 3. The standard InChI is InChI=1S/C31H42N4O7/c1-6-35(13-15-8-7-9-15)14-17-12-20(36)22-18(24(17)33(2)3)10-16-11-19-25(34(4)5)27(38)23(30(32)41)29(40)31(19,42)28(39)21(16)26(22)37/h12,15-16,19,21,23,25,36,42H,6-11,13-14H2,1-5H3,(H2,32,41)/t16-,19-,21?,23?,25-,31-/m0/s1. The highest BCUT2D eigenvalue weighted by Crippen LogP contribution is 2.52. The van der Waals surface area contributed by atoms with E-state index in [1.54, 1.807) is 20.2 Å². The van der Waals surface area contributed by atoms with Crippen molar-refractivity contribution < 1.29 is 34.2 Å². The van der Waals surface area contributed by atoms with Gasteiger partial charge in [0, 0.05) is 38.8 Å². The lowest BCUT2D eigenvalue weighted by atomic mass is 9.52. The molecule has 2 unspecified atom stereocenters. The number of hydrogen-bond donors (Lipinski definition) is 3. The van der Waals surface area contributed by atoms with E-state index in [4.69, 9.17) is 5.73 Å². The average Bonchev–Trinajstić information content (AvgIpc) is 2.86. The van der Waals surface area contributed by atoms with Gasteiger partial charge in [-0.25, -0.2) is 0 Å². The molecule has 3 fully saturated rings. The van der Waals surface area contributed by atoms with E-state index in [9.17, 15) is 34.2 Å². The fourth-order valence-electron chi connectivity index (χ4n) is 7.99. The van der Waals surface area contributed by atoms with E-state index in [0.717, 1.165) is 24.3 Å². The van der Waals surface area contributed by atoms with Gasteiger partial charge in [0.15, 0.2) is 34.7 Å². The molecule has 5 rings (SSSR count). The lowest BCUT2D eigenvalue weighted by Gasteiger charge is -2.52. The number of aromatic hydroxyl groups is 1. The summed E-state index contributed by atoms with van der Waals surface area (Å²) in [6, 6.07) is 0.472. The van der Waals surface area contributed by atoms with E-state index in [2.05, 4.69) is 11.8 Å². The van der Waals surface area contributed by atoms with E-state index in [0.29, 0.717) is 18.0 Å². The van der Waals surface area contributed by atoms with Crippen LogP contribution in [-0.2, 0) is 32.1 Å². The molecule has 228 valence electrons. The quantitative estimate of drug-likeness (QED) is 0.369. The van der Waals surface area contributed by atoms with Crippen molar-refractivity contribution >= 4 is 34.7 Å². The molecular formula is C31H42N4O7. The number of ketones is 4. The number of rotatable bonds is 8. The van der Waals surface area contributed by atoms with Gasteiger partial charge in [0.05, 0.1) is 17.5 Å².